The molecule has 0 amide bonds. The molecule has 3 heteroatoms. The molecule has 0 fully saturated rings. The van der Waals surface area contributed by atoms with Crippen molar-refractivity contribution in [3.8, 4) is 0 Å². The summed E-state index contributed by atoms with van der Waals surface area (Å²) in [7, 11) is 0. The molecular weight excluding hydrogens is 276 g/mol. The summed E-state index contributed by atoms with van der Waals surface area (Å²) in [5.41, 5.74) is 3.46. The first-order chi connectivity index (χ1) is 10.1. The lowest BCUT2D eigenvalue weighted by Gasteiger charge is -2.29. The van der Waals surface area contributed by atoms with Crippen LogP contribution in [0.5, 0.6) is 0 Å². The van der Waals surface area contributed by atoms with Gasteiger partial charge in [-0.1, -0.05) is 37.3 Å². The molecule has 2 aromatic rings. The van der Waals surface area contributed by atoms with E-state index >= 15 is 0 Å². The second-order valence-corrected chi connectivity index (χ2v) is 5.67. The zero-order valence-corrected chi connectivity index (χ0v) is 13.7. The van der Waals surface area contributed by atoms with Gasteiger partial charge in [-0.15, -0.1) is 0 Å². The molecule has 0 saturated carbocycles. The minimum atomic E-state index is 0.294. The third kappa shape index (κ3) is 4.05. The maximum atomic E-state index is 5.59. The molecule has 0 radical (unpaired) electrons. The fourth-order valence-corrected chi connectivity index (χ4v) is 2.68. The lowest BCUT2D eigenvalue weighted by molar-refractivity contribution is 0.811. The molecule has 2 rings (SSSR count). The van der Waals surface area contributed by atoms with Crippen LogP contribution in [0, 0.1) is 0 Å². The third-order valence-corrected chi connectivity index (χ3v) is 3.68. The van der Waals surface area contributed by atoms with E-state index in [1.807, 2.05) is 18.2 Å². The first kappa shape index (κ1) is 15.5. The summed E-state index contributed by atoms with van der Waals surface area (Å²) in [6.45, 7) is 6.44. The van der Waals surface area contributed by atoms with E-state index in [9.17, 15) is 0 Å². The van der Waals surface area contributed by atoms with Crippen molar-refractivity contribution < 1.29 is 0 Å². The number of hydrogen-bond donors (Lipinski definition) is 1. The standard InChI is InChI=1S/C18H22N2S/c1-4-15-10-12-16(13-11-15)19-18(21)20(14(2)3)17-8-6-5-7-9-17/h5-14H,4H2,1-3H3,(H,19,21). The second-order valence-electron chi connectivity index (χ2n) is 5.28. The predicted octanol–water partition coefficient (Wildman–Crippen LogP) is 4.86. The largest absolute Gasteiger partial charge is 0.332 e. The summed E-state index contributed by atoms with van der Waals surface area (Å²) in [6, 6.07) is 18.9. The predicted molar refractivity (Wildman–Crippen MR) is 96.1 cm³/mol. The molecule has 2 nitrogen and oxygen atoms in total. The van der Waals surface area contributed by atoms with Gasteiger partial charge in [0.25, 0.3) is 0 Å². The zero-order chi connectivity index (χ0) is 15.2. The maximum absolute atomic E-state index is 5.59. The van der Waals surface area contributed by atoms with E-state index in [1.54, 1.807) is 0 Å². The van der Waals surface area contributed by atoms with Crippen molar-refractivity contribution in [3.05, 3.63) is 60.2 Å². The summed E-state index contributed by atoms with van der Waals surface area (Å²) >= 11 is 5.59. The Kier molecular flexibility index (Phi) is 5.34. The Bertz CT molecular complexity index is 576. The van der Waals surface area contributed by atoms with Crippen LogP contribution in [0.4, 0.5) is 11.4 Å². The van der Waals surface area contributed by atoms with Gasteiger partial charge in [-0.05, 0) is 62.3 Å². The van der Waals surface area contributed by atoms with Crippen molar-refractivity contribution in [2.45, 2.75) is 33.2 Å². The Morgan fingerprint density at radius 3 is 2.19 bits per heavy atom. The van der Waals surface area contributed by atoms with Gasteiger partial charge in [0.05, 0.1) is 0 Å². The normalized spacial score (nSPS) is 10.5. The monoisotopic (exact) mass is 298 g/mol. The Labute approximate surface area is 132 Å². The van der Waals surface area contributed by atoms with Gasteiger partial charge in [0.1, 0.15) is 0 Å². The molecule has 0 heterocycles. The highest BCUT2D eigenvalue weighted by atomic mass is 32.1. The van der Waals surface area contributed by atoms with Crippen LogP contribution >= 0.6 is 12.2 Å². The van der Waals surface area contributed by atoms with Crippen LogP contribution in [0.2, 0.25) is 0 Å². The molecule has 110 valence electrons. The van der Waals surface area contributed by atoms with Gasteiger partial charge in [0.2, 0.25) is 0 Å². The summed E-state index contributed by atoms with van der Waals surface area (Å²) in [6.07, 6.45) is 1.05. The highest BCUT2D eigenvalue weighted by Crippen LogP contribution is 2.19. The van der Waals surface area contributed by atoms with Crippen molar-refractivity contribution in [2.75, 3.05) is 10.2 Å². The van der Waals surface area contributed by atoms with Gasteiger partial charge in [0, 0.05) is 17.4 Å². The first-order valence-corrected chi connectivity index (χ1v) is 7.77. The molecule has 0 atom stereocenters. The summed E-state index contributed by atoms with van der Waals surface area (Å²) in [5, 5.41) is 4.05. The molecule has 0 bridgehead atoms. The molecule has 0 saturated heterocycles. The van der Waals surface area contributed by atoms with Gasteiger partial charge in [0.15, 0.2) is 5.11 Å². The number of hydrogen-bond acceptors (Lipinski definition) is 1. The number of nitrogens with one attached hydrogen (secondary N) is 1. The minimum absolute atomic E-state index is 0.294. The Morgan fingerprint density at radius 2 is 1.67 bits per heavy atom. The van der Waals surface area contributed by atoms with Crippen LogP contribution < -0.4 is 10.2 Å². The molecule has 0 aromatic heterocycles. The summed E-state index contributed by atoms with van der Waals surface area (Å²) in [4.78, 5) is 2.13. The highest BCUT2D eigenvalue weighted by Gasteiger charge is 2.15. The number of aryl methyl sites for hydroxylation is 1. The number of para-hydroxylation sites is 1. The van der Waals surface area contributed by atoms with E-state index in [4.69, 9.17) is 12.2 Å². The van der Waals surface area contributed by atoms with Crippen LogP contribution in [0.3, 0.4) is 0 Å². The van der Waals surface area contributed by atoms with E-state index in [-0.39, 0.29) is 0 Å². The number of thiocarbonyl (C=S) groups is 1. The Balaban J connectivity index is 2.15. The lowest BCUT2D eigenvalue weighted by atomic mass is 10.1. The average Bonchev–Trinajstić information content (AvgIpc) is 2.49. The van der Waals surface area contributed by atoms with E-state index in [2.05, 4.69) is 67.4 Å². The fourth-order valence-electron chi connectivity index (χ4n) is 2.25. The van der Waals surface area contributed by atoms with Crippen LogP contribution in [-0.4, -0.2) is 11.2 Å². The molecule has 0 aliphatic heterocycles. The van der Waals surface area contributed by atoms with Crippen molar-refractivity contribution >= 4 is 28.7 Å². The number of benzene rings is 2. The number of rotatable bonds is 4. The quantitative estimate of drug-likeness (QED) is 0.811. The van der Waals surface area contributed by atoms with E-state index < -0.39 is 0 Å². The Hall–Kier alpha value is -1.87. The highest BCUT2D eigenvalue weighted by molar-refractivity contribution is 7.80. The molecule has 2 aromatic carbocycles. The second kappa shape index (κ2) is 7.23. The maximum Gasteiger partial charge on any atom is 0.178 e. The van der Waals surface area contributed by atoms with Crippen molar-refractivity contribution in [1.82, 2.24) is 0 Å². The van der Waals surface area contributed by atoms with Gasteiger partial charge in [-0.2, -0.15) is 0 Å². The minimum Gasteiger partial charge on any atom is -0.332 e. The lowest BCUT2D eigenvalue weighted by Crippen LogP contribution is -2.40. The molecule has 0 unspecified atom stereocenters. The van der Waals surface area contributed by atoms with E-state index in [0.717, 1.165) is 22.9 Å². The van der Waals surface area contributed by atoms with Crippen LogP contribution in [-0.2, 0) is 6.42 Å². The van der Waals surface area contributed by atoms with Crippen molar-refractivity contribution in [1.29, 1.82) is 0 Å². The SMILES string of the molecule is CCc1ccc(NC(=S)N(c2ccccc2)C(C)C)cc1. The molecule has 21 heavy (non-hydrogen) atoms. The van der Waals surface area contributed by atoms with Gasteiger partial charge < -0.3 is 10.2 Å². The summed E-state index contributed by atoms with van der Waals surface area (Å²) < 4.78 is 0. The zero-order valence-electron chi connectivity index (χ0n) is 12.8. The molecule has 0 aliphatic rings. The van der Waals surface area contributed by atoms with Gasteiger partial charge >= 0.3 is 0 Å². The number of nitrogens with zero attached hydrogens (tertiary/aromatic N) is 1. The van der Waals surface area contributed by atoms with E-state index in [0.29, 0.717) is 6.04 Å². The van der Waals surface area contributed by atoms with E-state index in [1.165, 1.54) is 5.56 Å². The Morgan fingerprint density at radius 1 is 1.05 bits per heavy atom. The molecular formula is C18H22N2S. The molecule has 1 N–H and O–H groups in total. The molecule has 0 aliphatic carbocycles. The fraction of sp³-hybridized carbons (Fsp3) is 0.278. The van der Waals surface area contributed by atoms with Crippen molar-refractivity contribution in [3.63, 3.8) is 0 Å². The number of anilines is 2. The van der Waals surface area contributed by atoms with Crippen LogP contribution in [0.1, 0.15) is 26.3 Å². The van der Waals surface area contributed by atoms with Gasteiger partial charge in [-0.3, -0.25) is 0 Å². The first-order valence-electron chi connectivity index (χ1n) is 7.36. The van der Waals surface area contributed by atoms with Crippen LogP contribution in [0.25, 0.3) is 0 Å². The third-order valence-electron chi connectivity index (χ3n) is 3.38. The summed E-state index contributed by atoms with van der Waals surface area (Å²) in [5.74, 6) is 0. The van der Waals surface area contributed by atoms with Crippen LogP contribution in [0.15, 0.2) is 54.6 Å². The van der Waals surface area contributed by atoms with Crippen molar-refractivity contribution in [2.24, 2.45) is 0 Å². The average molecular weight is 298 g/mol. The smallest absolute Gasteiger partial charge is 0.178 e. The van der Waals surface area contributed by atoms with Gasteiger partial charge in [-0.25, -0.2) is 0 Å². The topological polar surface area (TPSA) is 15.3 Å². The molecule has 0 spiro atoms.